The number of hydrogen-bond donors (Lipinski definition) is 1. The van der Waals surface area contributed by atoms with Crippen molar-refractivity contribution in [1.82, 2.24) is 8.87 Å². The van der Waals surface area contributed by atoms with Gasteiger partial charge in [0.15, 0.2) is 0 Å². The fourth-order valence-corrected chi connectivity index (χ4v) is 4.94. The zero-order valence-electron chi connectivity index (χ0n) is 15.7. The molecule has 1 fully saturated rings. The van der Waals surface area contributed by atoms with E-state index in [-0.39, 0.29) is 10.8 Å². The van der Waals surface area contributed by atoms with Gasteiger partial charge in [-0.15, -0.1) is 0 Å². The second-order valence-corrected chi connectivity index (χ2v) is 9.36. The lowest BCUT2D eigenvalue weighted by Gasteiger charge is -2.37. The van der Waals surface area contributed by atoms with Crippen LogP contribution < -0.4 is 0 Å². The zero-order chi connectivity index (χ0) is 20.1. The predicted molar refractivity (Wildman–Crippen MR) is 107 cm³/mol. The molecule has 1 aromatic heterocycles. The predicted octanol–water partition coefficient (Wildman–Crippen LogP) is 4.08. The van der Waals surface area contributed by atoms with Crippen LogP contribution in [0.15, 0.2) is 59.6 Å². The Hall–Kier alpha value is -2.80. The van der Waals surface area contributed by atoms with Gasteiger partial charge in [0.1, 0.15) is 0 Å². The Bertz CT molecular complexity index is 1140. The van der Waals surface area contributed by atoms with Gasteiger partial charge in [-0.3, -0.25) is 0 Å². The third-order valence-electron chi connectivity index (χ3n) is 5.41. The molecule has 0 unspecified atom stereocenters. The van der Waals surface area contributed by atoms with Crippen molar-refractivity contribution in [2.75, 3.05) is 13.1 Å². The molecule has 1 aliphatic heterocycles. The molecule has 3 aromatic rings. The van der Waals surface area contributed by atoms with Crippen LogP contribution in [-0.4, -0.2) is 41.6 Å². The molecular formula is C21H22N2O4S. The van der Waals surface area contributed by atoms with E-state index in [1.165, 1.54) is 8.87 Å². The van der Waals surface area contributed by atoms with Crippen LogP contribution in [0.3, 0.4) is 0 Å². The molecule has 7 heteroatoms. The lowest BCUT2D eigenvalue weighted by molar-refractivity contribution is 0.105. The number of aromatic nitrogens is 1. The second-order valence-electron chi connectivity index (χ2n) is 7.54. The van der Waals surface area contributed by atoms with Crippen molar-refractivity contribution in [3.8, 4) is 0 Å². The molecule has 0 atom stereocenters. The number of likely N-dealkylation sites (tertiary alicyclic amines) is 1. The molecule has 0 spiro atoms. The van der Waals surface area contributed by atoms with Gasteiger partial charge in [0.25, 0.3) is 10.0 Å². The van der Waals surface area contributed by atoms with Crippen molar-refractivity contribution in [3.05, 3.63) is 65.9 Å². The minimum Gasteiger partial charge on any atom is -0.465 e. The van der Waals surface area contributed by atoms with Crippen LogP contribution in [0.1, 0.15) is 36.8 Å². The first-order chi connectivity index (χ1) is 13.3. The Kier molecular flexibility index (Phi) is 4.42. The first-order valence-electron chi connectivity index (χ1n) is 9.22. The Morgan fingerprint density at radius 3 is 2.36 bits per heavy atom. The van der Waals surface area contributed by atoms with Crippen molar-refractivity contribution in [1.29, 1.82) is 0 Å². The maximum Gasteiger partial charge on any atom is 0.407 e. The molecule has 0 bridgehead atoms. The monoisotopic (exact) mass is 398 g/mol. The first-order valence-corrected chi connectivity index (χ1v) is 10.7. The molecule has 0 radical (unpaired) electrons. The van der Waals surface area contributed by atoms with Crippen LogP contribution >= 0.6 is 0 Å². The van der Waals surface area contributed by atoms with Crippen LogP contribution in [0.5, 0.6) is 0 Å². The summed E-state index contributed by atoms with van der Waals surface area (Å²) < 4.78 is 27.5. The van der Waals surface area contributed by atoms with Gasteiger partial charge in [-0.25, -0.2) is 17.2 Å². The summed E-state index contributed by atoms with van der Waals surface area (Å²) >= 11 is 0. The molecule has 1 N–H and O–H groups in total. The van der Waals surface area contributed by atoms with E-state index in [9.17, 15) is 13.2 Å². The summed E-state index contributed by atoms with van der Waals surface area (Å²) in [5.41, 5.74) is 2.74. The van der Waals surface area contributed by atoms with Gasteiger partial charge < -0.3 is 10.0 Å². The molecular weight excluding hydrogens is 376 g/mol. The number of carbonyl (C=O) groups is 1. The average Bonchev–Trinajstić information content (AvgIpc) is 3.04. The molecule has 2 aromatic carbocycles. The van der Waals surface area contributed by atoms with Gasteiger partial charge in [-0.05, 0) is 47.4 Å². The number of carboxylic acid groups (broad SMARTS) is 1. The number of amides is 1. The fraction of sp³-hybridized carbons (Fsp3) is 0.286. The number of rotatable bonds is 4. The minimum absolute atomic E-state index is 0.157. The Balaban J connectivity index is 1.65. The van der Waals surface area contributed by atoms with Crippen molar-refractivity contribution in [3.63, 3.8) is 0 Å². The van der Waals surface area contributed by atoms with Crippen LogP contribution in [-0.2, 0) is 10.0 Å². The molecule has 28 heavy (non-hydrogen) atoms. The van der Waals surface area contributed by atoms with Crippen molar-refractivity contribution in [2.45, 2.75) is 30.6 Å². The topological polar surface area (TPSA) is 79.6 Å². The molecule has 0 aliphatic carbocycles. The molecule has 146 valence electrons. The number of nitrogens with zero attached hydrogens (tertiary/aromatic N) is 2. The molecule has 2 heterocycles. The Labute approximate surface area is 164 Å². The van der Waals surface area contributed by atoms with E-state index in [0.717, 1.165) is 16.5 Å². The SMILES string of the molecule is CC(C)c1ccc(S(=O)(=O)n2ccc3cc(C4CN(C(=O)O)C4)ccc32)cc1. The van der Waals surface area contributed by atoms with Crippen LogP contribution in [0.25, 0.3) is 10.9 Å². The van der Waals surface area contributed by atoms with Gasteiger partial charge in [-0.2, -0.15) is 0 Å². The highest BCUT2D eigenvalue weighted by atomic mass is 32.2. The lowest BCUT2D eigenvalue weighted by Crippen LogP contribution is -2.47. The molecule has 0 saturated carbocycles. The highest BCUT2D eigenvalue weighted by molar-refractivity contribution is 7.90. The van der Waals surface area contributed by atoms with E-state index in [4.69, 9.17) is 5.11 Å². The standard InChI is InChI=1S/C21H22N2O4S/c1-14(2)15-3-6-19(7-4-15)28(26,27)23-10-9-17-11-16(5-8-20(17)23)18-12-22(13-18)21(24)25/h3-11,14,18H,12-13H2,1-2H3,(H,24,25). The summed E-state index contributed by atoms with van der Waals surface area (Å²) in [5, 5.41) is 9.80. The number of fused-ring (bicyclic) bond motifs is 1. The van der Waals surface area contributed by atoms with Gasteiger partial charge in [0.05, 0.1) is 10.4 Å². The summed E-state index contributed by atoms with van der Waals surface area (Å²) in [7, 11) is -3.68. The maximum atomic E-state index is 13.1. The highest BCUT2D eigenvalue weighted by Crippen LogP contribution is 2.31. The number of benzene rings is 2. The minimum atomic E-state index is -3.68. The lowest BCUT2D eigenvalue weighted by atomic mass is 9.91. The van der Waals surface area contributed by atoms with Gasteiger partial charge >= 0.3 is 6.09 Å². The normalized spacial score (nSPS) is 15.2. The fourth-order valence-electron chi connectivity index (χ4n) is 3.58. The maximum absolute atomic E-state index is 13.1. The Morgan fingerprint density at radius 1 is 1.07 bits per heavy atom. The smallest absolute Gasteiger partial charge is 0.407 e. The summed E-state index contributed by atoms with van der Waals surface area (Å²) in [6, 6.07) is 14.4. The number of hydrogen-bond acceptors (Lipinski definition) is 3. The molecule has 1 aliphatic rings. The summed E-state index contributed by atoms with van der Waals surface area (Å²) in [6.07, 6.45) is 0.669. The third kappa shape index (κ3) is 3.05. The van der Waals surface area contributed by atoms with E-state index >= 15 is 0 Å². The average molecular weight is 398 g/mol. The molecule has 1 saturated heterocycles. The van der Waals surface area contributed by atoms with Crippen molar-refractivity contribution in [2.24, 2.45) is 0 Å². The first kappa shape index (κ1) is 18.6. The summed E-state index contributed by atoms with van der Waals surface area (Å²) in [6.45, 7) is 5.08. The second kappa shape index (κ2) is 6.67. The third-order valence-corrected chi connectivity index (χ3v) is 7.11. The zero-order valence-corrected chi connectivity index (χ0v) is 16.6. The van der Waals surface area contributed by atoms with Gasteiger partial charge in [0, 0.05) is 30.6 Å². The van der Waals surface area contributed by atoms with Crippen molar-refractivity contribution < 1.29 is 18.3 Å². The van der Waals surface area contributed by atoms with E-state index in [1.54, 1.807) is 30.5 Å². The van der Waals surface area contributed by atoms with E-state index in [2.05, 4.69) is 13.8 Å². The quantitative estimate of drug-likeness (QED) is 0.718. The molecule has 1 amide bonds. The van der Waals surface area contributed by atoms with Gasteiger partial charge in [-0.1, -0.05) is 32.0 Å². The molecule has 6 nitrogen and oxygen atoms in total. The van der Waals surface area contributed by atoms with Gasteiger partial charge in [0.2, 0.25) is 0 Å². The highest BCUT2D eigenvalue weighted by Gasteiger charge is 2.31. The van der Waals surface area contributed by atoms with Crippen LogP contribution in [0.2, 0.25) is 0 Å². The van der Waals surface area contributed by atoms with E-state index in [1.807, 2.05) is 24.3 Å². The van der Waals surface area contributed by atoms with E-state index < -0.39 is 16.1 Å². The van der Waals surface area contributed by atoms with E-state index in [0.29, 0.717) is 24.5 Å². The molecule has 4 rings (SSSR count). The van der Waals surface area contributed by atoms with Crippen molar-refractivity contribution >= 4 is 27.0 Å². The van der Waals surface area contributed by atoms with Crippen LogP contribution in [0, 0.1) is 0 Å². The summed E-state index contributed by atoms with van der Waals surface area (Å²) in [4.78, 5) is 12.6. The van der Waals surface area contributed by atoms with Crippen LogP contribution in [0.4, 0.5) is 4.79 Å². The largest absolute Gasteiger partial charge is 0.465 e. The summed E-state index contributed by atoms with van der Waals surface area (Å²) in [5.74, 6) is 0.496. The Morgan fingerprint density at radius 2 is 1.75 bits per heavy atom.